The summed E-state index contributed by atoms with van der Waals surface area (Å²) in [5.41, 5.74) is 8.40. The van der Waals surface area contributed by atoms with Gasteiger partial charge in [0.1, 0.15) is 6.04 Å². The summed E-state index contributed by atoms with van der Waals surface area (Å²) >= 11 is 1.75. The van der Waals surface area contributed by atoms with Crippen molar-refractivity contribution in [2.45, 2.75) is 26.8 Å². The van der Waals surface area contributed by atoms with Crippen LogP contribution in [0.3, 0.4) is 0 Å². The first-order chi connectivity index (χ1) is 18.6. The first-order valence-corrected chi connectivity index (χ1v) is 13.5. The highest BCUT2D eigenvalue weighted by molar-refractivity contribution is 7.10. The van der Waals surface area contributed by atoms with E-state index in [1.807, 2.05) is 28.9 Å². The fourth-order valence-electron chi connectivity index (χ4n) is 5.45. The summed E-state index contributed by atoms with van der Waals surface area (Å²) in [6.07, 6.45) is 0. The van der Waals surface area contributed by atoms with Gasteiger partial charge in [0.05, 0.1) is 22.8 Å². The molecular formula is C31H26N6S. The van der Waals surface area contributed by atoms with E-state index in [4.69, 9.17) is 15.1 Å². The molecule has 0 spiro atoms. The van der Waals surface area contributed by atoms with Gasteiger partial charge < -0.3 is 10.2 Å². The molecule has 0 saturated heterocycles. The number of fused-ring (bicyclic) bond motifs is 4. The zero-order valence-corrected chi connectivity index (χ0v) is 22.2. The molecule has 0 fully saturated rings. The molecule has 186 valence electrons. The third kappa shape index (κ3) is 3.66. The van der Waals surface area contributed by atoms with Crippen molar-refractivity contribution >= 4 is 45.9 Å². The van der Waals surface area contributed by atoms with E-state index in [-0.39, 0.29) is 6.04 Å². The zero-order chi connectivity index (χ0) is 25.8. The third-order valence-corrected chi connectivity index (χ3v) is 7.86. The summed E-state index contributed by atoms with van der Waals surface area (Å²) < 4.78 is 1.96. The number of hydrogen-bond acceptors (Lipinski definition) is 6. The minimum Gasteiger partial charge on any atom is -0.337 e. The first kappa shape index (κ1) is 22.7. The summed E-state index contributed by atoms with van der Waals surface area (Å²) in [5, 5.41) is 10.7. The number of benzene rings is 3. The summed E-state index contributed by atoms with van der Waals surface area (Å²) in [6.45, 7) is 6.31. The highest BCUT2D eigenvalue weighted by atomic mass is 32.1. The maximum atomic E-state index is 5.30. The van der Waals surface area contributed by atoms with Gasteiger partial charge in [0.2, 0.25) is 0 Å². The van der Waals surface area contributed by atoms with Gasteiger partial charge in [0, 0.05) is 16.1 Å². The van der Waals surface area contributed by atoms with Crippen LogP contribution in [0.25, 0.3) is 5.69 Å². The molecule has 38 heavy (non-hydrogen) atoms. The number of thiophene rings is 1. The van der Waals surface area contributed by atoms with E-state index in [2.05, 4.69) is 97.0 Å². The molecule has 1 N–H and O–H groups in total. The molecule has 2 aliphatic rings. The summed E-state index contributed by atoms with van der Waals surface area (Å²) in [6, 6.07) is 29.2. The lowest BCUT2D eigenvalue weighted by molar-refractivity contribution is 0.830. The number of aliphatic imine (C=N–C) groups is 2. The maximum absolute atomic E-state index is 5.30. The van der Waals surface area contributed by atoms with Crippen LogP contribution in [0.1, 0.15) is 33.3 Å². The number of para-hydroxylation sites is 3. The molecule has 0 unspecified atom stereocenters. The van der Waals surface area contributed by atoms with Crippen LogP contribution < -0.4 is 10.2 Å². The average molecular weight is 515 g/mol. The van der Waals surface area contributed by atoms with Crippen molar-refractivity contribution in [2.24, 2.45) is 9.98 Å². The van der Waals surface area contributed by atoms with Gasteiger partial charge >= 0.3 is 0 Å². The number of nitrogens with zero attached hydrogens (tertiary/aromatic N) is 5. The normalized spacial score (nSPS) is 15.8. The Morgan fingerprint density at radius 3 is 2.34 bits per heavy atom. The molecule has 0 amide bonds. The van der Waals surface area contributed by atoms with E-state index >= 15 is 0 Å². The zero-order valence-electron chi connectivity index (χ0n) is 21.4. The molecule has 2 aliphatic heterocycles. The number of rotatable bonds is 3. The summed E-state index contributed by atoms with van der Waals surface area (Å²) in [5.74, 6) is 2.35. The van der Waals surface area contributed by atoms with Crippen LogP contribution in [-0.4, -0.2) is 21.5 Å². The monoisotopic (exact) mass is 514 g/mol. The second kappa shape index (κ2) is 8.82. The van der Waals surface area contributed by atoms with Crippen molar-refractivity contribution < 1.29 is 0 Å². The Bertz CT molecular complexity index is 1710. The van der Waals surface area contributed by atoms with Gasteiger partial charge in [-0.05, 0) is 79.7 Å². The number of aromatic nitrogens is 2. The van der Waals surface area contributed by atoms with Crippen LogP contribution in [0.4, 0.5) is 22.9 Å². The largest absolute Gasteiger partial charge is 0.337 e. The Morgan fingerprint density at radius 2 is 1.58 bits per heavy atom. The lowest BCUT2D eigenvalue weighted by atomic mass is 9.98. The Labute approximate surface area is 225 Å². The Kier molecular flexibility index (Phi) is 5.26. The molecule has 0 bridgehead atoms. The first-order valence-electron chi connectivity index (χ1n) is 12.7. The molecule has 4 heterocycles. The molecule has 5 aromatic rings. The Hall–Kier alpha value is -4.49. The summed E-state index contributed by atoms with van der Waals surface area (Å²) in [4.78, 5) is 13.9. The van der Waals surface area contributed by atoms with Crippen molar-refractivity contribution in [3.63, 3.8) is 0 Å². The molecular weight excluding hydrogens is 488 g/mol. The van der Waals surface area contributed by atoms with Gasteiger partial charge in [-0.25, -0.2) is 14.7 Å². The molecule has 0 saturated carbocycles. The van der Waals surface area contributed by atoms with Crippen LogP contribution in [-0.2, 0) is 0 Å². The Morgan fingerprint density at radius 1 is 0.816 bits per heavy atom. The lowest BCUT2D eigenvalue weighted by Gasteiger charge is -2.40. The minimum atomic E-state index is -0.0809. The van der Waals surface area contributed by atoms with E-state index in [9.17, 15) is 0 Å². The highest BCUT2D eigenvalue weighted by Gasteiger charge is 2.41. The highest BCUT2D eigenvalue weighted by Crippen LogP contribution is 2.49. The van der Waals surface area contributed by atoms with Crippen LogP contribution in [0, 0.1) is 20.8 Å². The molecule has 6 nitrogen and oxygen atoms in total. The average Bonchev–Trinajstić information content (AvgIpc) is 3.56. The number of aryl methyl sites for hydroxylation is 3. The molecule has 7 heteroatoms. The van der Waals surface area contributed by atoms with E-state index < -0.39 is 0 Å². The molecule has 1 atom stereocenters. The SMILES string of the molecule is Cc1cc(C)cc(NC2=Nc3ccccc3N3C2=Nc2c(c(C)nn2-c2ccccc2)[C@@H]3c2cccs2)c1. The van der Waals surface area contributed by atoms with Crippen LogP contribution in [0.2, 0.25) is 0 Å². The van der Waals surface area contributed by atoms with E-state index in [0.717, 1.165) is 51.5 Å². The van der Waals surface area contributed by atoms with Crippen molar-refractivity contribution in [2.75, 3.05) is 10.2 Å². The van der Waals surface area contributed by atoms with Crippen LogP contribution in [0.15, 0.2) is 100 Å². The standard InChI is InChI=1S/C31H26N6S/c1-19-16-20(2)18-22(17-19)32-29-31-34-30-27(21(3)35-37(30)23-10-5-4-6-11-23)28(26-14-9-15-38-26)36(31)25-13-8-7-12-24(25)33-29/h4-18,28H,1-3H3,(H,32,33)/t28-/m0/s1. The second-order valence-electron chi connectivity index (χ2n) is 9.74. The van der Waals surface area contributed by atoms with Gasteiger partial charge in [0.25, 0.3) is 0 Å². The molecule has 0 aliphatic carbocycles. The third-order valence-electron chi connectivity index (χ3n) is 6.94. The van der Waals surface area contributed by atoms with Crippen molar-refractivity contribution in [1.82, 2.24) is 9.78 Å². The fraction of sp³-hybridized carbons (Fsp3) is 0.129. The Balaban J connectivity index is 1.49. The van der Waals surface area contributed by atoms with Gasteiger partial charge in [-0.1, -0.05) is 42.5 Å². The van der Waals surface area contributed by atoms with Crippen LogP contribution in [0.5, 0.6) is 0 Å². The van der Waals surface area contributed by atoms with Gasteiger partial charge in [-0.15, -0.1) is 11.3 Å². The number of nitrogens with one attached hydrogen (secondary N) is 1. The van der Waals surface area contributed by atoms with Crippen molar-refractivity contribution in [3.05, 3.63) is 118 Å². The minimum absolute atomic E-state index is 0.0809. The number of anilines is 2. The smallest absolute Gasteiger partial charge is 0.179 e. The topological polar surface area (TPSA) is 57.8 Å². The quantitative estimate of drug-likeness (QED) is 0.269. The lowest BCUT2D eigenvalue weighted by Crippen LogP contribution is -2.46. The summed E-state index contributed by atoms with van der Waals surface area (Å²) in [7, 11) is 0. The number of amidine groups is 2. The number of hydrogen-bond donors (Lipinski definition) is 1. The van der Waals surface area contributed by atoms with Crippen molar-refractivity contribution in [3.8, 4) is 5.69 Å². The van der Waals surface area contributed by atoms with Gasteiger partial charge in [0.15, 0.2) is 17.5 Å². The van der Waals surface area contributed by atoms with Gasteiger partial charge in [-0.3, -0.25) is 0 Å². The van der Waals surface area contributed by atoms with Crippen LogP contribution >= 0.6 is 11.3 Å². The fourth-order valence-corrected chi connectivity index (χ4v) is 6.27. The van der Waals surface area contributed by atoms with Gasteiger partial charge in [-0.2, -0.15) is 5.10 Å². The van der Waals surface area contributed by atoms with Crippen molar-refractivity contribution in [1.29, 1.82) is 0 Å². The second-order valence-corrected chi connectivity index (χ2v) is 10.7. The molecule has 3 aromatic carbocycles. The molecule has 2 aromatic heterocycles. The predicted molar refractivity (Wildman–Crippen MR) is 157 cm³/mol. The maximum Gasteiger partial charge on any atom is 0.179 e. The molecule has 0 radical (unpaired) electrons. The predicted octanol–water partition coefficient (Wildman–Crippen LogP) is 7.65. The molecule has 7 rings (SSSR count). The van der Waals surface area contributed by atoms with E-state index in [1.165, 1.54) is 16.0 Å². The van der Waals surface area contributed by atoms with E-state index in [0.29, 0.717) is 0 Å². The van der Waals surface area contributed by atoms with E-state index in [1.54, 1.807) is 11.3 Å².